The number of rotatable bonds is 1. The van der Waals surface area contributed by atoms with Crippen molar-refractivity contribution < 1.29 is 31.0 Å². The first kappa shape index (κ1) is 23.1. The van der Waals surface area contributed by atoms with Gasteiger partial charge in [0.05, 0.1) is 5.65 Å². The van der Waals surface area contributed by atoms with Gasteiger partial charge in [0.2, 0.25) is 0 Å². The van der Waals surface area contributed by atoms with Crippen LogP contribution in [0.15, 0.2) is 54.7 Å². The number of aliphatic hydroxyl groups excluding tert-OH is 1. The molecule has 0 saturated heterocycles. The van der Waals surface area contributed by atoms with Gasteiger partial charge < -0.3 is 9.51 Å². The third-order valence-corrected chi connectivity index (χ3v) is 3.97. The molecule has 27 heavy (non-hydrogen) atoms. The van der Waals surface area contributed by atoms with Crippen LogP contribution in [0.2, 0.25) is 0 Å². The van der Waals surface area contributed by atoms with Crippen LogP contribution >= 0.6 is 0 Å². The minimum atomic E-state index is -0.417. The van der Waals surface area contributed by atoms with Crippen molar-refractivity contribution in [1.29, 1.82) is 0 Å². The molecule has 0 aliphatic heterocycles. The Morgan fingerprint density at radius 1 is 1.11 bits per heavy atom. The van der Waals surface area contributed by atoms with Gasteiger partial charge in [0.25, 0.3) is 0 Å². The van der Waals surface area contributed by atoms with Crippen LogP contribution in [0.5, 0.6) is 0 Å². The van der Waals surface area contributed by atoms with E-state index in [-0.39, 0.29) is 38.0 Å². The largest absolute Gasteiger partial charge is 0.512 e. The molecule has 0 radical (unpaired) electrons. The number of nitrogens with zero attached hydrogens (tertiary/aromatic N) is 2. The van der Waals surface area contributed by atoms with E-state index in [1.54, 1.807) is 6.20 Å². The molecule has 0 spiro atoms. The molecule has 0 atom stereocenters. The summed E-state index contributed by atoms with van der Waals surface area (Å²) in [6, 6.07) is 11.2. The van der Waals surface area contributed by atoms with E-state index in [0.717, 1.165) is 11.0 Å². The Balaban J connectivity index is 0.000000260. The van der Waals surface area contributed by atoms with Gasteiger partial charge in [-0.05, 0) is 6.20 Å². The van der Waals surface area contributed by atoms with Gasteiger partial charge in [-0.1, -0.05) is 47.6 Å². The van der Waals surface area contributed by atoms with E-state index in [0.29, 0.717) is 0 Å². The fourth-order valence-electron chi connectivity index (χ4n) is 2.13. The molecule has 5 heteroatoms. The fraction of sp³-hybridized carbons (Fsp3) is 0.364. The molecule has 3 aromatic rings. The van der Waals surface area contributed by atoms with Gasteiger partial charge >= 0.3 is 0 Å². The number of benzene rings is 1. The quantitative estimate of drug-likeness (QED) is 0.254. The predicted molar refractivity (Wildman–Crippen MR) is 106 cm³/mol. The summed E-state index contributed by atoms with van der Waals surface area (Å²) in [7, 11) is 0. The fourth-order valence-corrected chi connectivity index (χ4v) is 2.13. The average molecular weight is 547 g/mol. The molecule has 2 aromatic heterocycles. The van der Waals surface area contributed by atoms with Crippen molar-refractivity contribution in [2.24, 2.45) is 10.8 Å². The van der Waals surface area contributed by atoms with Gasteiger partial charge in [0, 0.05) is 50.4 Å². The van der Waals surface area contributed by atoms with E-state index in [1.807, 2.05) is 70.5 Å². The number of allylic oxidation sites excluding steroid dienone is 2. The molecule has 4 nitrogen and oxygen atoms in total. The Hall–Kier alpha value is -1.93. The second-order valence-electron chi connectivity index (χ2n) is 8.37. The number of carbonyl (C=O) groups is 1. The number of ketones is 1. The molecule has 148 valence electrons. The van der Waals surface area contributed by atoms with E-state index in [9.17, 15) is 9.90 Å². The first-order chi connectivity index (χ1) is 12.0. The van der Waals surface area contributed by atoms with Crippen LogP contribution in [-0.4, -0.2) is 20.3 Å². The number of aromatic nitrogens is 2. The van der Waals surface area contributed by atoms with Crippen molar-refractivity contribution in [2.45, 2.75) is 41.5 Å². The molecule has 1 aromatic carbocycles. The van der Waals surface area contributed by atoms with Crippen LogP contribution in [-0.2, 0) is 25.9 Å². The SMILES string of the molecule is CC(C)(C)C(=O)/C=C(\O)C(C)(C)C.[Pt].[c-]1cccc2ccn3ccnc3c12. The predicted octanol–water partition coefficient (Wildman–Crippen LogP) is 5.37. The van der Waals surface area contributed by atoms with Gasteiger partial charge in [0.1, 0.15) is 5.76 Å². The molecular weight excluding hydrogens is 519 g/mol. The van der Waals surface area contributed by atoms with Crippen LogP contribution < -0.4 is 0 Å². The average Bonchev–Trinajstić information content (AvgIpc) is 3.02. The summed E-state index contributed by atoms with van der Waals surface area (Å²) in [6.07, 6.45) is 7.09. The summed E-state index contributed by atoms with van der Waals surface area (Å²) in [6.45, 7) is 11.1. The first-order valence-electron chi connectivity index (χ1n) is 8.68. The third-order valence-electron chi connectivity index (χ3n) is 3.97. The molecule has 1 N–H and O–H groups in total. The Bertz CT molecular complexity index is 944. The zero-order valence-electron chi connectivity index (χ0n) is 16.7. The van der Waals surface area contributed by atoms with Gasteiger partial charge in [-0.15, -0.1) is 35.0 Å². The zero-order chi connectivity index (χ0) is 19.5. The van der Waals surface area contributed by atoms with Crippen LogP contribution in [0.25, 0.3) is 16.4 Å². The summed E-state index contributed by atoms with van der Waals surface area (Å²) in [4.78, 5) is 15.8. The number of imidazole rings is 1. The second kappa shape index (κ2) is 8.84. The standard InChI is InChI=1S/C11H7N2.C11H20O2.Pt/c1-2-4-10-9(3-1)5-7-13-8-6-12-11(10)13;1-10(2,3)8(12)7-9(13)11(4,5)6;/h1-3,5-8H;7,12H,1-6H3;/q-1;;/b;8-7-;. The number of hydrogen-bond donors (Lipinski definition) is 1. The summed E-state index contributed by atoms with van der Waals surface area (Å²) in [5.41, 5.74) is 0.207. The van der Waals surface area contributed by atoms with Crippen molar-refractivity contribution in [3.8, 4) is 0 Å². The molecule has 0 aliphatic rings. The number of hydrogen-bond acceptors (Lipinski definition) is 3. The maximum Gasteiger partial charge on any atom is 0.164 e. The molecule has 0 unspecified atom stereocenters. The summed E-state index contributed by atoms with van der Waals surface area (Å²) in [5, 5.41) is 11.8. The van der Waals surface area contributed by atoms with E-state index in [1.165, 1.54) is 11.5 Å². The zero-order valence-corrected chi connectivity index (χ0v) is 19.0. The normalized spacial score (nSPS) is 12.3. The van der Waals surface area contributed by atoms with Crippen LogP contribution in [0.4, 0.5) is 0 Å². The van der Waals surface area contributed by atoms with Gasteiger partial charge in [-0.3, -0.25) is 9.78 Å². The van der Waals surface area contributed by atoms with E-state index < -0.39 is 5.41 Å². The number of carbonyl (C=O) groups excluding carboxylic acids is 1. The minimum absolute atomic E-state index is 0. The summed E-state index contributed by atoms with van der Waals surface area (Å²) < 4.78 is 2.00. The topological polar surface area (TPSA) is 54.6 Å². The number of aliphatic hydroxyl groups is 1. The van der Waals surface area contributed by atoms with Crippen molar-refractivity contribution in [3.63, 3.8) is 0 Å². The molecule has 0 aliphatic carbocycles. The Labute approximate surface area is 175 Å². The Morgan fingerprint density at radius 2 is 1.78 bits per heavy atom. The Morgan fingerprint density at radius 3 is 2.37 bits per heavy atom. The third kappa shape index (κ3) is 6.04. The molecular formula is C22H27N2O2Pt-. The van der Waals surface area contributed by atoms with Gasteiger partial charge in [-0.25, -0.2) is 0 Å². The van der Waals surface area contributed by atoms with Crippen LogP contribution in [0.3, 0.4) is 0 Å². The van der Waals surface area contributed by atoms with Gasteiger partial charge in [-0.2, -0.15) is 0 Å². The van der Waals surface area contributed by atoms with Crippen LogP contribution in [0, 0.1) is 16.9 Å². The Kier molecular flexibility index (Phi) is 7.56. The molecule has 0 bridgehead atoms. The summed E-state index contributed by atoms with van der Waals surface area (Å²) >= 11 is 0. The second-order valence-corrected chi connectivity index (χ2v) is 8.37. The van der Waals surface area contributed by atoms with E-state index in [4.69, 9.17) is 0 Å². The van der Waals surface area contributed by atoms with Crippen molar-refractivity contribution in [3.05, 3.63) is 60.8 Å². The molecule has 2 heterocycles. The van der Waals surface area contributed by atoms with E-state index in [2.05, 4.69) is 23.2 Å². The number of fused-ring (bicyclic) bond motifs is 3. The van der Waals surface area contributed by atoms with Crippen molar-refractivity contribution in [2.75, 3.05) is 0 Å². The number of pyridine rings is 1. The van der Waals surface area contributed by atoms with Crippen molar-refractivity contribution in [1.82, 2.24) is 9.38 Å². The molecule has 0 fully saturated rings. The monoisotopic (exact) mass is 546 g/mol. The van der Waals surface area contributed by atoms with E-state index >= 15 is 0 Å². The molecule has 0 saturated carbocycles. The maximum absolute atomic E-state index is 11.5. The van der Waals surface area contributed by atoms with Crippen LogP contribution in [0.1, 0.15) is 41.5 Å². The minimum Gasteiger partial charge on any atom is -0.512 e. The first-order valence-corrected chi connectivity index (χ1v) is 8.68. The smallest absolute Gasteiger partial charge is 0.164 e. The molecule has 3 rings (SSSR count). The maximum atomic E-state index is 11.5. The van der Waals surface area contributed by atoms with Gasteiger partial charge in [0.15, 0.2) is 5.78 Å². The van der Waals surface area contributed by atoms with Crippen molar-refractivity contribution >= 4 is 22.2 Å². The molecule has 0 amide bonds. The summed E-state index contributed by atoms with van der Waals surface area (Å²) in [5.74, 6) is 0.104.